The van der Waals surface area contributed by atoms with Gasteiger partial charge in [-0.1, -0.05) is 12.1 Å². The third-order valence-electron chi connectivity index (χ3n) is 2.58. The predicted molar refractivity (Wildman–Crippen MR) is 72.0 cm³/mol. The van der Waals surface area contributed by atoms with E-state index in [0.29, 0.717) is 6.42 Å². The molecule has 1 aromatic carbocycles. The van der Waals surface area contributed by atoms with Crippen LogP contribution in [0.3, 0.4) is 0 Å². The van der Waals surface area contributed by atoms with E-state index < -0.39 is 5.97 Å². The lowest BCUT2D eigenvalue weighted by molar-refractivity contribution is -0.136. The second-order valence-corrected chi connectivity index (χ2v) is 4.96. The zero-order valence-electron chi connectivity index (χ0n) is 9.93. The highest BCUT2D eigenvalue weighted by Crippen LogP contribution is 2.19. The number of halogens is 1. The molecule has 0 aliphatic rings. The maximum Gasteiger partial charge on any atom is 0.303 e. The standard InChI is InChI=1S/C13H13BrN2O2/c1-9-3-2-4-10(7-9)16-8-11(14)12(15-16)5-6-13(17)18/h2-4,7-8H,5-6H2,1H3,(H,17,18). The molecule has 0 bridgehead atoms. The van der Waals surface area contributed by atoms with E-state index >= 15 is 0 Å². The van der Waals surface area contributed by atoms with Crippen molar-refractivity contribution in [1.82, 2.24) is 9.78 Å². The Bertz CT molecular complexity index is 578. The molecule has 0 unspecified atom stereocenters. The van der Waals surface area contributed by atoms with E-state index in [2.05, 4.69) is 21.0 Å². The number of nitrogens with zero attached hydrogens (tertiary/aromatic N) is 2. The maximum atomic E-state index is 10.6. The molecule has 0 aliphatic carbocycles. The first kappa shape index (κ1) is 12.8. The number of hydrogen-bond donors (Lipinski definition) is 1. The minimum Gasteiger partial charge on any atom is -0.481 e. The van der Waals surface area contributed by atoms with E-state index in [-0.39, 0.29) is 6.42 Å². The van der Waals surface area contributed by atoms with Gasteiger partial charge < -0.3 is 5.11 Å². The quantitative estimate of drug-likeness (QED) is 0.944. The Kier molecular flexibility index (Phi) is 3.81. The number of hydrogen-bond acceptors (Lipinski definition) is 2. The van der Waals surface area contributed by atoms with E-state index in [4.69, 9.17) is 5.11 Å². The topological polar surface area (TPSA) is 55.1 Å². The number of aliphatic carboxylic acids is 1. The van der Waals surface area contributed by atoms with Gasteiger partial charge in [-0.05, 0) is 40.5 Å². The van der Waals surface area contributed by atoms with Crippen molar-refractivity contribution < 1.29 is 9.90 Å². The van der Waals surface area contributed by atoms with Crippen molar-refractivity contribution in [1.29, 1.82) is 0 Å². The van der Waals surface area contributed by atoms with Crippen LogP contribution in [0.15, 0.2) is 34.9 Å². The van der Waals surface area contributed by atoms with Crippen molar-refractivity contribution in [2.75, 3.05) is 0 Å². The average Bonchev–Trinajstić information content (AvgIpc) is 2.68. The Balaban J connectivity index is 2.25. The third kappa shape index (κ3) is 2.98. The summed E-state index contributed by atoms with van der Waals surface area (Å²) in [6.45, 7) is 2.02. The molecule has 0 radical (unpaired) electrons. The molecule has 4 nitrogen and oxygen atoms in total. The molecule has 0 saturated heterocycles. The van der Waals surface area contributed by atoms with Gasteiger partial charge in [0.05, 0.1) is 22.3 Å². The molecule has 5 heteroatoms. The van der Waals surface area contributed by atoms with Gasteiger partial charge in [0.25, 0.3) is 0 Å². The predicted octanol–water partition coefficient (Wildman–Crippen LogP) is 2.96. The monoisotopic (exact) mass is 308 g/mol. The molecular formula is C13H13BrN2O2. The molecular weight excluding hydrogens is 296 g/mol. The van der Waals surface area contributed by atoms with Gasteiger partial charge in [-0.3, -0.25) is 4.79 Å². The van der Waals surface area contributed by atoms with Crippen LogP contribution in [0.5, 0.6) is 0 Å². The van der Waals surface area contributed by atoms with E-state index in [9.17, 15) is 4.79 Å². The smallest absolute Gasteiger partial charge is 0.303 e. The van der Waals surface area contributed by atoms with Crippen molar-refractivity contribution >= 4 is 21.9 Å². The summed E-state index contributed by atoms with van der Waals surface area (Å²) >= 11 is 3.41. The van der Waals surface area contributed by atoms with E-state index in [1.54, 1.807) is 4.68 Å². The second kappa shape index (κ2) is 5.35. The summed E-state index contributed by atoms with van der Waals surface area (Å²) in [6, 6.07) is 7.98. The van der Waals surface area contributed by atoms with Crippen LogP contribution in [0.1, 0.15) is 17.7 Å². The van der Waals surface area contributed by atoms with Crippen LogP contribution in [0.25, 0.3) is 5.69 Å². The maximum absolute atomic E-state index is 10.6. The molecule has 1 N–H and O–H groups in total. The van der Waals surface area contributed by atoms with Crippen molar-refractivity contribution in [2.24, 2.45) is 0 Å². The van der Waals surface area contributed by atoms with Crippen molar-refractivity contribution in [3.8, 4) is 5.69 Å². The van der Waals surface area contributed by atoms with Gasteiger partial charge in [-0.2, -0.15) is 5.10 Å². The zero-order chi connectivity index (χ0) is 13.1. The minimum absolute atomic E-state index is 0.0867. The highest BCUT2D eigenvalue weighted by atomic mass is 79.9. The Morgan fingerprint density at radius 2 is 2.28 bits per heavy atom. The lowest BCUT2D eigenvalue weighted by Crippen LogP contribution is -2.00. The number of carboxylic acid groups (broad SMARTS) is 1. The molecule has 0 aliphatic heterocycles. The number of carboxylic acids is 1. The summed E-state index contributed by atoms with van der Waals surface area (Å²) in [6.07, 6.45) is 2.37. The lowest BCUT2D eigenvalue weighted by Gasteiger charge is -2.01. The van der Waals surface area contributed by atoms with Gasteiger partial charge in [0, 0.05) is 12.6 Å². The summed E-state index contributed by atoms with van der Waals surface area (Å²) in [5.74, 6) is -0.813. The SMILES string of the molecule is Cc1cccc(-n2cc(Br)c(CCC(=O)O)n2)c1. The fraction of sp³-hybridized carbons (Fsp3) is 0.231. The first-order chi connectivity index (χ1) is 8.56. The summed E-state index contributed by atoms with van der Waals surface area (Å²) < 4.78 is 2.60. The van der Waals surface area contributed by atoms with Crippen molar-refractivity contribution in [2.45, 2.75) is 19.8 Å². The molecule has 0 amide bonds. The van der Waals surface area contributed by atoms with Crippen LogP contribution in [-0.4, -0.2) is 20.9 Å². The Labute approximate surface area is 113 Å². The van der Waals surface area contributed by atoms with Crippen molar-refractivity contribution in [3.63, 3.8) is 0 Å². The first-order valence-corrected chi connectivity index (χ1v) is 6.38. The normalized spacial score (nSPS) is 10.6. The Morgan fingerprint density at radius 1 is 1.50 bits per heavy atom. The molecule has 18 heavy (non-hydrogen) atoms. The summed E-state index contributed by atoms with van der Waals surface area (Å²) in [7, 11) is 0. The molecule has 0 saturated carbocycles. The molecule has 2 rings (SSSR count). The van der Waals surface area contributed by atoms with Crippen LogP contribution in [-0.2, 0) is 11.2 Å². The van der Waals surface area contributed by atoms with Crippen LogP contribution in [0.4, 0.5) is 0 Å². The molecule has 0 fully saturated rings. The fourth-order valence-electron chi connectivity index (χ4n) is 1.69. The van der Waals surface area contributed by atoms with Crippen LogP contribution >= 0.6 is 15.9 Å². The second-order valence-electron chi connectivity index (χ2n) is 4.10. The average molecular weight is 309 g/mol. The fourth-order valence-corrected chi connectivity index (χ4v) is 2.16. The summed E-state index contributed by atoms with van der Waals surface area (Å²) in [4.78, 5) is 10.6. The minimum atomic E-state index is -0.813. The zero-order valence-corrected chi connectivity index (χ0v) is 11.5. The van der Waals surface area contributed by atoms with Gasteiger partial charge in [-0.15, -0.1) is 0 Å². The Hall–Kier alpha value is -1.62. The lowest BCUT2D eigenvalue weighted by atomic mass is 10.2. The number of aromatic nitrogens is 2. The summed E-state index contributed by atoms with van der Waals surface area (Å²) in [5.41, 5.74) is 2.89. The van der Waals surface area contributed by atoms with Crippen LogP contribution in [0, 0.1) is 6.92 Å². The van der Waals surface area contributed by atoms with Gasteiger partial charge in [0.15, 0.2) is 0 Å². The van der Waals surface area contributed by atoms with Gasteiger partial charge in [0.2, 0.25) is 0 Å². The van der Waals surface area contributed by atoms with Gasteiger partial charge in [0.1, 0.15) is 0 Å². The highest BCUT2D eigenvalue weighted by Gasteiger charge is 2.09. The number of rotatable bonds is 4. The molecule has 1 aromatic heterocycles. The first-order valence-electron chi connectivity index (χ1n) is 5.59. The van der Waals surface area contributed by atoms with Crippen molar-refractivity contribution in [3.05, 3.63) is 46.2 Å². The number of benzene rings is 1. The summed E-state index contributed by atoms with van der Waals surface area (Å²) in [5, 5.41) is 13.1. The highest BCUT2D eigenvalue weighted by molar-refractivity contribution is 9.10. The molecule has 94 valence electrons. The van der Waals surface area contributed by atoms with E-state index in [0.717, 1.165) is 21.4 Å². The Morgan fingerprint density at radius 3 is 2.94 bits per heavy atom. The number of aryl methyl sites for hydroxylation is 2. The van der Waals surface area contributed by atoms with Crippen LogP contribution in [0.2, 0.25) is 0 Å². The van der Waals surface area contributed by atoms with E-state index in [1.807, 2.05) is 37.4 Å². The molecule has 0 atom stereocenters. The molecule has 0 spiro atoms. The third-order valence-corrected chi connectivity index (χ3v) is 3.24. The molecule has 2 aromatic rings. The molecule has 1 heterocycles. The van der Waals surface area contributed by atoms with Crippen LogP contribution < -0.4 is 0 Å². The largest absolute Gasteiger partial charge is 0.481 e. The van der Waals surface area contributed by atoms with Gasteiger partial charge in [-0.25, -0.2) is 4.68 Å². The van der Waals surface area contributed by atoms with E-state index in [1.165, 1.54) is 0 Å². The number of carbonyl (C=O) groups is 1. The van der Waals surface area contributed by atoms with Gasteiger partial charge >= 0.3 is 5.97 Å².